The lowest BCUT2D eigenvalue weighted by Crippen LogP contribution is -2.39. The van der Waals surface area contributed by atoms with E-state index in [1.165, 1.54) is 25.1 Å². The molecule has 8 nitrogen and oxygen atoms in total. The van der Waals surface area contributed by atoms with E-state index in [0.29, 0.717) is 11.7 Å². The third-order valence-electron chi connectivity index (χ3n) is 4.71. The van der Waals surface area contributed by atoms with Crippen LogP contribution in [0.3, 0.4) is 0 Å². The topological polar surface area (TPSA) is 106 Å². The van der Waals surface area contributed by atoms with Crippen molar-refractivity contribution in [1.82, 2.24) is 9.88 Å². The summed E-state index contributed by atoms with van der Waals surface area (Å²) in [7, 11) is 2.16. The molecular formula is C17H27N5O3. The third kappa shape index (κ3) is 5.12. The standard InChI is InChI=1S/C17H27N5O3/c1-3-4-7-20(2)12-13-5-8-21(9-6-13)17-15(16(18)23)10-14(11-19-17)22(24)25/h10-11,13H,3-9,12H2,1-2H3,(H2,18,23). The van der Waals surface area contributed by atoms with Crippen molar-refractivity contribution in [2.45, 2.75) is 32.6 Å². The highest BCUT2D eigenvalue weighted by molar-refractivity contribution is 5.98. The van der Waals surface area contributed by atoms with Crippen LogP contribution in [0, 0.1) is 16.0 Å². The van der Waals surface area contributed by atoms with Gasteiger partial charge in [0.05, 0.1) is 10.5 Å². The fourth-order valence-corrected chi connectivity index (χ4v) is 3.27. The van der Waals surface area contributed by atoms with Crippen molar-refractivity contribution in [3.63, 3.8) is 0 Å². The number of pyridine rings is 1. The second-order valence-electron chi connectivity index (χ2n) is 6.73. The van der Waals surface area contributed by atoms with Crippen LogP contribution in [0.25, 0.3) is 0 Å². The molecule has 1 saturated heterocycles. The van der Waals surface area contributed by atoms with Crippen LogP contribution >= 0.6 is 0 Å². The van der Waals surface area contributed by atoms with Crippen LogP contribution in [0.4, 0.5) is 11.5 Å². The van der Waals surface area contributed by atoms with Crippen LogP contribution in [-0.4, -0.2) is 53.9 Å². The van der Waals surface area contributed by atoms with Crippen molar-refractivity contribution in [3.8, 4) is 0 Å². The highest BCUT2D eigenvalue weighted by atomic mass is 16.6. The summed E-state index contributed by atoms with van der Waals surface area (Å²) in [6.45, 7) is 5.94. The number of amides is 1. The molecule has 2 N–H and O–H groups in total. The number of unbranched alkanes of at least 4 members (excludes halogenated alkanes) is 1. The monoisotopic (exact) mass is 349 g/mol. The van der Waals surface area contributed by atoms with Crippen LogP contribution in [-0.2, 0) is 0 Å². The van der Waals surface area contributed by atoms with E-state index >= 15 is 0 Å². The summed E-state index contributed by atoms with van der Waals surface area (Å²) < 4.78 is 0. The molecule has 0 unspecified atom stereocenters. The molecule has 2 rings (SSSR count). The van der Waals surface area contributed by atoms with Gasteiger partial charge in [0.1, 0.15) is 12.0 Å². The molecule has 1 aromatic heterocycles. The van der Waals surface area contributed by atoms with Crippen molar-refractivity contribution >= 4 is 17.4 Å². The van der Waals surface area contributed by atoms with E-state index in [1.807, 2.05) is 4.90 Å². The summed E-state index contributed by atoms with van der Waals surface area (Å²) in [5, 5.41) is 10.9. The summed E-state index contributed by atoms with van der Waals surface area (Å²) in [5.41, 5.74) is 5.30. The lowest BCUT2D eigenvalue weighted by Gasteiger charge is -2.35. The number of nitro groups is 1. The maximum atomic E-state index is 11.7. The van der Waals surface area contributed by atoms with Crippen LogP contribution in [0.5, 0.6) is 0 Å². The predicted molar refractivity (Wildman–Crippen MR) is 96.8 cm³/mol. The Morgan fingerprint density at radius 3 is 2.72 bits per heavy atom. The first-order chi connectivity index (χ1) is 11.9. The lowest BCUT2D eigenvalue weighted by molar-refractivity contribution is -0.385. The van der Waals surface area contributed by atoms with Gasteiger partial charge in [-0.1, -0.05) is 13.3 Å². The number of rotatable bonds is 8. The predicted octanol–water partition coefficient (Wildman–Crippen LogP) is 2.04. The van der Waals surface area contributed by atoms with Gasteiger partial charge < -0.3 is 15.5 Å². The first kappa shape index (κ1) is 19.1. The average Bonchev–Trinajstić information content (AvgIpc) is 2.60. The van der Waals surface area contributed by atoms with E-state index in [9.17, 15) is 14.9 Å². The molecule has 0 aliphatic carbocycles. The highest BCUT2D eigenvalue weighted by Gasteiger charge is 2.25. The number of piperidine rings is 1. The number of nitrogens with two attached hydrogens (primary N) is 1. The molecule has 138 valence electrons. The molecule has 2 heterocycles. The van der Waals surface area contributed by atoms with E-state index in [4.69, 9.17) is 5.73 Å². The minimum Gasteiger partial charge on any atom is -0.365 e. The smallest absolute Gasteiger partial charge is 0.288 e. The van der Waals surface area contributed by atoms with Crippen molar-refractivity contribution in [3.05, 3.63) is 27.9 Å². The van der Waals surface area contributed by atoms with Crippen molar-refractivity contribution < 1.29 is 9.72 Å². The Morgan fingerprint density at radius 1 is 1.48 bits per heavy atom. The zero-order chi connectivity index (χ0) is 18.4. The fraction of sp³-hybridized carbons (Fsp3) is 0.647. The maximum absolute atomic E-state index is 11.7. The third-order valence-corrected chi connectivity index (χ3v) is 4.71. The molecule has 0 atom stereocenters. The van der Waals surface area contributed by atoms with E-state index < -0.39 is 10.8 Å². The number of anilines is 1. The minimum absolute atomic E-state index is 0.118. The van der Waals surface area contributed by atoms with Crippen LogP contribution in [0.15, 0.2) is 12.3 Å². The molecule has 1 fully saturated rings. The molecule has 0 radical (unpaired) electrons. The molecule has 0 spiro atoms. The van der Waals surface area contributed by atoms with Gasteiger partial charge in [0.25, 0.3) is 11.6 Å². The number of nitrogens with zero attached hydrogens (tertiary/aromatic N) is 4. The molecule has 0 saturated carbocycles. The fourth-order valence-electron chi connectivity index (χ4n) is 3.27. The number of carbonyl (C=O) groups is 1. The quantitative estimate of drug-likeness (QED) is 0.569. The molecule has 25 heavy (non-hydrogen) atoms. The van der Waals surface area contributed by atoms with E-state index in [0.717, 1.165) is 39.0 Å². The molecule has 1 aliphatic heterocycles. The Morgan fingerprint density at radius 2 is 2.16 bits per heavy atom. The second kappa shape index (κ2) is 8.75. The molecule has 0 aromatic carbocycles. The zero-order valence-corrected chi connectivity index (χ0v) is 15.0. The zero-order valence-electron chi connectivity index (χ0n) is 15.0. The first-order valence-corrected chi connectivity index (χ1v) is 8.80. The highest BCUT2D eigenvalue weighted by Crippen LogP contribution is 2.27. The lowest BCUT2D eigenvalue weighted by atomic mass is 9.96. The van der Waals surface area contributed by atoms with Crippen molar-refractivity contribution in [1.29, 1.82) is 0 Å². The minimum atomic E-state index is -0.687. The van der Waals surface area contributed by atoms with E-state index in [-0.39, 0.29) is 11.3 Å². The molecule has 0 bridgehead atoms. The summed E-state index contributed by atoms with van der Waals surface area (Å²) in [6, 6.07) is 1.22. The van der Waals surface area contributed by atoms with Gasteiger partial charge in [-0.2, -0.15) is 0 Å². The Bertz CT molecular complexity index is 614. The van der Waals surface area contributed by atoms with Gasteiger partial charge in [-0.05, 0) is 38.8 Å². The molecule has 1 amide bonds. The Balaban J connectivity index is 2.00. The summed E-state index contributed by atoms with van der Waals surface area (Å²) in [4.78, 5) is 30.5. The van der Waals surface area contributed by atoms with Crippen LogP contribution < -0.4 is 10.6 Å². The number of hydrogen-bond acceptors (Lipinski definition) is 6. The van der Waals surface area contributed by atoms with Crippen molar-refractivity contribution in [2.75, 3.05) is 38.1 Å². The second-order valence-corrected chi connectivity index (χ2v) is 6.73. The Kier molecular flexibility index (Phi) is 6.69. The van der Waals surface area contributed by atoms with Gasteiger partial charge >= 0.3 is 0 Å². The van der Waals surface area contributed by atoms with Gasteiger partial charge in [-0.15, -0.1) is 0 Å². The van der Waals surface area contributed by atoms with Gasteiger partial charge in [-0.3, -0.25) is 14.9 Å². The normalized spacial score (nSPS) is 15.6. The average molecular weight is 349 g/mol. The number of aromatic nitrogens is 1. The summed E-state index contributed by atoms with van der Waals surface area (Å²) in [6.07, 6.45) is 5.61. The van der Waals surface area contributed by atoms with Crippen LogP contribution in [0.1, 0.15) is 43.0 Å². The number of carbonyl (C=O) groups excluding carboxylic acids is 1. The van der Waals surface area contributed by atoms with Gasteiger partial charge in [-0.25, -0.2) is 4.98 Å². The molecule has 1 aliphatic rings. The largest absolute Gasteiger partial charge is 0.365 e. The van der Waals surface area contributed by atoms with Gasteiger partial charge in [0.2, 0.25) is 0 Å². The summed E-state index contributed by atoms with van der Waals surface area (Å²) >= 11 is 0. The maximum Gasteiger partial charge on any atom is 0.288 e. The Labute approximate surface area is 148 Å². The number of hydrogen-bond donors (Lipinski definition) is 1. The molecule has 1 aromatic rings. The van der Waals surface area contributed by atoms with Crippen molar-refractivity contribution in [2.24, 2.45) is 11.7 Å². The Hall–Kier alpha value is -2.22. The SMILES string of the molecule is CCCCN(C)CC1CCN(c2ncc([N+](=O)[O-])cc2C(N)=O)CC1. The first-order valence-electron chi connectivity index (χ1n) is 8.80. The molecule has 8 heteroatoms. The van der Waals surface area contributed by atoms with E-state index in [1.54, 1.807) is 0 Å². The summed E-state index contributed by atoms with van der Waals surface area (Å²) in [5.74, 6) is 0.386. The van der Waals surface area contributed by atoms with Gasteiger partial charge in [0, 0.05) is 25.7 Å². The van der Waals surface area contributed by atoms with Crippen LogP contribution in [0.2, 0.25) is 0 Å². The number of primary amides is 1. The van der Waals surface area contributed by atoms with E-state index in [2.05, 4.69) is 23.9 Å². The molecular weight excluding hydrogens is 322 g/mol. The van der Waals surface area contributed by atoms with Gasteiger partial charge in [0.15, 0.2) is 0 Å².